The third kappa shape index (κ3) is 32.0. The minimum atomic E-state index is -1.38. The van der Waals surface area contributed by atoms with Crippen molar-refractivity contribution in [2.45, 2.75) is 134 Å². The Bertz CT molecular complexity index is 554. The maximum atomic E-state index is 10.6. The fourth-order valence-corrected chi connectivity index (χ4v) is 4.71. The SMILES string of the molecule is CC(=O)[C](=O)[Ru][C](=O)C(C)=O.CC(C)OP(OC(C)C)OC(C)C.CC(C)OP(OC(C)C)OC(C)C. The van der Waals surface area contributed by atoms with Gasteiger partial charge in [0.1, 0.15) is 0 Å². The van der Waals surface area contributed by atoms with Crippen LogP contribution in [0.4, 0.5) is 0 Å². The Labute approximate surface area is 234 Å². The van der Waals surface area contributed by atoms with Gasteiger partial charge < -0.3 is 27.1 Å². The van der Waals surface area contributed by atoms with Gasteiger partial charge in [0.15, 0.2) is 0 Å². The van der Waals surface area contributed by atoms with Crippen LogP contribution in [0.5, 0.6) is 0 Å². The van der Waals surface area contributed by atoms with Crippen molar-refractivity contribution in [3.05, 3.63) is 0 Å². The molecule has 0 bridgehead atoms. The van der Waals surface area contributed by atoms with Gasteiger partial charge in [-0.1, -0.05) is 0 Å². The van der Waals surface area contributed by atoms with E-state index in [4.69, 9.17) is 27.1 Å². The van der Waals surface area contributed by atoms with Crippen LogP contribution in [-0.4, -0.2) is 56.9 Å². The van der Waals surface area contributed by atoms with Crippen LogP contribution in [0.15, 0.2) is 0 Å². The number of Topliss-reactive ketones (excluding diaryl/α,β-unsaturated/α-hetero) is 2. The first-order valence-electron chi connectivity index (χ1n) is 12.1. The molecule has 0 unspecified atom stereocenters. The maximum Gasteiger partial charge on any atom is 0.333 e. The van der Waals surface area contributed by atoms with Gasteiger partial charge in [-0.05, 0) is 83.1 Å². The second-order valence-corrected chi connectivity index (χ2v) is 13.3. The van der Waals surface area contributed by atoms with Crippen molar-refractivity contribution < 1.29 is 63.4 Å². The van der Waals surface area contributed by atoms with E-state index in [0.29, 0.717) is 0 Å². The molecule has 0 aliphatic carbocycles. The smallest absolute Gasteiger partial charge is 0.309 e. The average molecular weight is 660 g/mol. The molecule has 0 aromatic carbocycles. The van der Waals surface area contributed by atoms with Crippen molar-refractivity contribution in [2.75, 3.05) is 0 Å². The van der Waals surface area contributed by atoms with Crippen molar-refractivity contribution in [3.63, 3.8) is 0 Å². The summed E-state index contributed by atoms with van der Waals surface area (Å²) in [5, 5.41) is 0. The summed E-state index contributed by atoms with van der Waals surface area (Å²) in [6.45, 7) is 25.9. The molecule has 0 aliphatic heterocycles. The molecule has 0 aromatic rings. The molecule has 222 valence electrons. The van der Waals surface area contributed by atoms with E-state index in [1.54, 1.807) is 0 Å². The molecule has 0 atom stereocenters. The molecule has 0 amide bonds. The second kappa shape index (κ2) is 23.8. The zero-order valence-corrected chi connectivity index (χ0v) is 28.3. The fourth-order valence-electron chi connectivity index (χ4n) is 1.38. The van der Waals surface area contributed by atoms with Gasteiger partial charge in [-0.15, -0.1) is 0 Å². The zero-order valence-electron chi connectivity index (χ0n) is 24.8. The van der Waals surface area contributed by atoms with Crippen LogP contribution in [0.3, 0.4) is 0 Å². The third-order valence-corrected chi connectivity index (χ3v) is 8.05. The summed E-state index contributed by atoms with van der Waals surface area (Å²) >= 11 is -1.38. The molecule has 0 saturated carbocycles. The molecule has 10 nitrogen and oxygen atoms in total. The molecular weight excluding hydrogens is 611 g/mol. The summed E-state index contributed by atoms with van der Waals surface area (Å²) in [6.07, 6.45) is 0.853. The monoisotopic (exact) mass is 660 g/mol. The molecule has 0 fully saturated rings. The van der Waals surface area contributed by atoms with Gasteiger partial charge in [-0.2, -0.15) is 0 Å². The number of carbonyl (C=O) groups is 4. The summed E-state index contributed by atoms with van der Waals surface area (Å²) in [7, 11) is -2.36. The summed E-state index contributed by atoms with van der Waals surface area (Å²) in [4.78, 5) is 41.8. The number of hydrogen-bond acceptors (Lipinski definition) is 10. The first-order chi connectivity index (χ1) is 16.8. The number of ketones is 2. The van der Waals surface area contributed by atoms with Crippen LogP contribution in [0.2, 0.25) is 0 Å². The van der Waals surface area contributed by atoms with E-state index in [0.717, 1.165) is 13.8 Å². The summed E-state index contributed by atoms with van der Waals surface area (Å²) in [5.41, 5.74) is 0. The van der Waals surface area contributed by atoms with E-state index in [1.165, 1.54) is 0 Å². The summed E-state index contributed by atoms with van der Waals surface area (Å²) < 4.78 is 31.5. The standard InChI is InChI=1S/2C9H21O3P.2C3H3O2.Ru/c2*1-7(2)10-13(11-8(3)4)12-9(5)6;2*1-3(5)2-4;/h2*7-9H,1-6H3;2*1H3;. The molecule has 0 N–H and O–H groups in total. The normalized spacial score (nSPS) is 11.5. The predicted molar refractivity (Wildman–Crippen MR) is 143 cm³/mol. The first kappa shape index (κ1) is 41.4. The molecule has 37 heavy (non-hydrogen) atoms. The number of hydrogen-bond donors (Lipinski definition) is 0. The first-order valence-corrected chi connectivity index (χ1v) is 16.0. The van der Waals surface area contributed by atoms with E-state index < -0.39 is 54.7 Å². The van der Waals surface area contributed by atoms with Gasteiger partial charge in [0.2, 0.25) is 0 Å². The number of rotatable bonds is 16. The van der Waals surface area contributed by atoms with Gasteiger partial charge in [0.05, 0.1) is 36.6 Å². The molecule has 0 rings (SSSR count). The minimum Gasteiger partial charge on any atom is -0.309 e. The Hall–Kier alpha value is -0.0766. The fraction of sp³-hybridized carbons (Fsp3) is 0.833. The van der Waals surface area contributed by atoms with Crippen LogP contribution in [-0.2, 0) is 63.4 Å². The molecule has 0 heterocycles. The molecule has 0 saturated heterocycles. The van der Waals surface area contributed by atoms with Gasteiger partial charge in [-0.25, -0.2) is 0 Å². The van der Waals surface area contributed by atoms with Crippen LogP contribution < -0.4 is 0 Å². The Morgan fingerprint density at radius 2 is 0.595 bits per heavy atom. The Balaban J connectivity index is -0.000000471. The van der Waals surface area contributed by atoms with Crippen molar-refractivity contribution >= 4 is 37.5 Å². The summed E-state index contributed by atoms with van der Waals surface area (Å²) in [5.74, 6) is -1.31. The van der Waals surface area contributed by atoms with E-state index in [2.05, 4.69) is 0 Å². The quantitative estimate of drug-likeness (QED) is 0.106. The van der Waals surface area contributed by atoms with Crippen molar-refractivity contribution in [2.24, 2.45) is 0 Å². The molecule has 13 heteroatoms. The largest absolute Gasteiger partial charge is 0.333 e. The minimum absolute atomic E-state index is 0.142. The van der Waals surface area contributed by atoms with E-state index in [-0.39, 0.29) is 36.6 Å². The van der Waals surface area contributed by atoms with Gasteiger partial charge in [0, 0.05) is 0 Å². The van der Waals surface area contributed by atoms with Gasteiger partial charge in [0.25, 0.3) is 0 Å². The van der Waals surface area contributed by atoms with E-state index in [9.17, 15) is 19.2 Å². The molecule has 0 aliphatic rings. The topological polar surface area (TPSA) is 124 Å². The van der Waals surface area contributed by atoms with Crippen LogP contribution >= 0.6 is 17.2 Å². The second-order valence-electron chi connectivity index (χ2n) is 9.10. The van der Waals surface area contributed by atoms with Crippen LogP contribution in [0, 0.1) is 0 Å². The molecule has 0 spiro atoms. The van der Waals surface area contributed by atoms with Crippen molar-refractivity contribution in [1.82, 2.24) is 0 Å². The van der Waals surface area contributed by atoms with E-state index in [1.807, 2.05) is 83.1 Å². The molecule has 0 aromatic heterocycles. The zero-order chi connectivity index (χ0) is 29.9. The molecular formula is C24H48O10P2Ru. The van der Waals surface area contributed by atoms with Gasteiger partial charge in [-0.3, -0.25) is 0 Å². The average Bonchev–Trinajstić information content (AvgIpc) is 2.65. The maximum absolute atomic E-state index is 10.6. The predicted octanol–water partition coefficient (Wildman–Crippen LogP) is 6.28. The van der Waals surface area contributed by atoms with Gasteiger partial charge >= 0.3 is 87.7 Å². The Kier molecular flexibility index (Phi) is 26.6. The Morgan fingerprint density at radius 3 is 0.703 bits per heavy atom. The van der Waals surface area contributed by atoms with Crippen molar-refractivity contribution in [1.29, 1.82) is 0 Å². The van der Waals surface area contributed by atoms with E-state index >= 15 is 0 Å². The van der Waals surface area contributed by atoms with Crippen molar-refractivity contribution in [3.8, 4) is 0 Å². The summed E-state index contributed by atoms with van der Waals surface area (Å²) in [6, 6.07) is 0. The Morgan fingerprint density at radius 1 is 0.432 bits per heavy atom. The number of carbonyl (C=O) groups excluding carboxylic acids is 4. The third-order valence-electron chi connectivity index (χ3n) is 2.48. The van der Waals surface area contributed by atoms with Crippen LogP contribution in [0.25, 0.3) is 0 Å². The molecule has 0 radical (unpaired) electrons. The van der Waals surface area contributed by atoms with Crippen LogP contribution in [0.1, 0.15) is 96.9 Å².